The lowest BCUT2D eigenvalue weighted by atomic mass is 10.2. The molecule has 1 aliphatic heterocycles. The number of benzene rings is 1. The average Bonchev–Trinajstić information content (AvgIpc) is 2.91. The summed E-state index contributed by atoms with van der Waals surface area (Å²) in [4.78, 5) is 33.6. The fourth-order valence-corrected chi connectivity index (χ4v) is 2.59. The first-order valence-electron chi connectivity index (χ1n) is 7.11. The third-order valence-corrected chi connectivity index (χ3v) is 3.97. The third kappa shape index (κ3) is 3.00. The number of nitrogen functional groups attached to an aromatic ring is 1. The van der Waals surface area contributed by atoms with Crippen molar-refractivity contribution in [3.8, 4) is 0 Å². The summed E-state index contributed by atoms with van der Waals surface area (Å²) in [7, 11) is 0. The first-order chi connectivity index (χ1) is 11.5. The van der Waals surface area contributed by atoms with E-state index in [4.69, 9.17) is 17.3 Å². The minimum absolute atomic E-state index is 0.0166. The highest BCUT2D eigenvalue weighted by molar-refractivity contribution is 6.30. The summed E-state index contributed by atoms with van der Waals surface area (Å²) in [6, 6.07) is 3.38. The Morgan fingerprint density at radius 1 is 1.38 bits per heavy atom. The van der Waals surface area contributed by atoms with Gasteiger partial charge in [0.05, 0.1) is 5.02 Å². The molecule has 3 N–H and O–H groups in total. The second kappa shape index (κ2) is 6.40. The molecule has 1 fully saturated rings. The van der Waals surface area contributed by atoms with Crippen molar-refractivity contribution < 1.29 is 14.0 Å². The predicted molar refractivity (Wildman–Crippen MR) is 86.1 cm³/mol. The van der Waals surface area contributed by atoms with E-state index in [0.717, 1.165) is 0 Å². The minimum atomic E-state index is -0.738. The average molecular weight is 350 g/mol. The second-order valence-electron chi connectivity index (χ2n) is 5.19. The van der Waals surface area contributed by atoms with Gasteiger partial charge in [0.15, 0.2) is 11.5 Å². The number of aromatic nitrogens is 2. The van der Waals surface area contributed by atoms with Gasteiger partial charge in [-0.25, -0.2) is 14.4 Å². The largest absolute Gasteiger partial charge is 0.382 e. The van der Waals surface area contributed by atoms with Gasteiger partial charge in [0, 0.05) is 24.6 Å². The van der Waals surface area contributed by atoms with Crippen molar-refractivity contribution >= 4 is 34.9 Å². The number of amides is 2. The lowest BCUT2D eigenvalue weighted by molar-refractivity contribution is -0.118. The molecular formula is C15H13ClFN5O2. The van der Waals surface area contributed by atoms with Crippen molar-refractivity contribution in [1.29, 1.82) is 0 Å². The van der Waals surface area contributed by atoms with Gasteiger partial charge in [0.2, 0.25) is 5.91 Å². The standard InChI is InChI=1S/C15H13ClFN5O2/c16-9-2-1-8(7-10(9)17)22-6-3-11(15(22)24)21-14(23)12-13(18)20-5-4-19-12/h1-2,4-5,7,11H,3,6H2,(H2,18,20)(H,21,23)/t11-/m0/s1. The van der Waals surface area contributed by atoms with E-state index in [0.29, 0.717) is 18.7 Å². The van der Waals surface area contributed by atoms with Crippen LogP contribution < -0.4 is 16.0 Å². The van der Waals surface area contributed by atoms with Gasteiger partial charge in [-0.15, -0.1) is 0 Å². The SMILES string of the molecule is Nc1nccnc1C(=O)N[C@H]1CCN(c2ccc(Cl)c(F)c2)C1=O. The second-order valence-corrected chi connectivity index (χ2v) is 5.60. The van der Waals surface area contributed by atoms with Gasteiger partial charge in [-0.3, -0.25) is 9.59 Å². The van der Waals surface area contributed by atoms with Crippen LogP contribution in [0.5, 0.6) is 0 Å². The van der Waals surface area contributed by atoms with Crippen LogP contribution in [-0.4, -0.2) is 34.4 Å². The number of hydrogen-bond donors (Lipinski definition) is 2. The number of nitrogens with one attached hydrogen (secondary N) is 1. The van der Waals surface area contributed by atoms with Gasteiger partial charge in [-0.2, -0.15) is 0 Å². The maximum absolute atomic E-state index is 13.6. The molecular weight excluding hydrogens is 337 g/mol. The third-order valence-electron chi connectivity index (χ3n) is 3.67. The molecule has 24 heavy (non-hydrogen) atoms. The van der Waals surface area contributed by atoms with E-state index in [9.17, 15) is 14.0 Å². The van der Waals surface area contributed by atoms with Crippen LogP contribution in [-0.2, 0) is 4.79 Å². The Morgan fingerprint density at radius 3 is 2.83 bits per heavy atom. The van der Waals surface area contributed by atoms with Crippen LogP contribution in [0.15, 0.2) is 30.6 Å². The highest BCUT2D eigenvalue weighted by Gasteiger charge is 2.34. The maximum atomic E-state index is 13.6. The molecule has 0 aliphatic carbocycles. The first kappa shape index (κ1) is 16.1. The Labute approximate surface area is 141 Å². The summed E-state index contributed by atoms with van der Waals surface area (Å²) in [5.41, 5.74) is 5.94. The van der Waals surface area contributed by atoms with Crippen LogP contribution in [0.2, 0.25) is 5.02 Å². The molecule has 0 unspecified atom stereocenters. The zero-order valence-electron chi connectivity index (χ0n) is 12.4. The van der Waals surface area contributed by atoms with E-state index in [1.165, 1.54) is 29.4 Å². The normalized spacial score (nSPS) is 17.2. The summed E-state index contributed by atoms with van der Waals surface area (Å²) in [5, 5.41) is 2.56. The Morgan fingerprint density at radius 2 is 2.12 bits per heavy atom. The van der Waals surface area contributed by atoms with E-state index in [-0.39, 0.29) is 22.4 Å². The van der Waals surface area contributed by atoms with E-state index in [2.05, 4.69) is 15.3 Å². The van der Waals surface area contributed by atoms with Crippen molar-refractivity contribution in [1.82, 2.24) is 15.3 Å². The quantitative estimate of drug-likeness (QED) is 0.872. The number of carbonyl (C=O) groups is 2. The number of nitrogens with zero attached hydrogens (tertiary/aromatic N) is 3. The van der Waals surface area contributed by atoms with E-state index < -0.39 is 17.8 Å². The van der Waals surface area contributed by atoms with E-state index in [1.807, 2.05) is 0 Å². The van der Waals surface area contributed by atoms with Crippen LogP contribution in [0.3, 0.4) is 0 Å². The molecule has 1 aliphatic rings. The minimum Gasteiger partial charge on any atom is -0.382 e. The zero-order chi connectivity index (χ0) is 17.3. The van der Waals surface area contributed by atoms with Gasteiger partial charge in [-0.1, -0.05) is 11.6 Å². The van der Waals surface area contributed by atoms with Gasteiger partial charge < -0.3 is 16.0 Å². The molecule has 0 radical (unpaired) electrons. The fraction of sp³-hybridized carbons (Fsp3) is 0.200. The number of carbonyl (C=O) groups excluding carboxylic acids is 2. The molecule has 124 valence electrons. The van der Waals surface area contributed by atoms with Crippen molar-refractivity contribution in [2.75, 3.05) is 17.2 Å². The number of nitrogens with two attached hydrogens (primary N) is 1. The fourth-order valence-electron chi connectivity index (χ4n) is 2.47. The molecule has 1 atom stereocenters. The predicted octanol–water partition coefficient (Wildman–Crippen LogP) is 1.39. The maximum Gasteiger partial charge on any atom is 0.274 e. The molecule has 0 spiro atoms. The van der Waals surface area contributed by atoms with Crippen molar-refractivity contribution in [3.05, 3.63) is 47.1 Å². The van der Waals surface area contributed by atoms with E-state index >= 15 is 0 Å². The zero-order valence-corrected chi connectivity index (χ0v) is 13.1. The molecule has 1 aromatic heterocycles. The molecule has 1 aromatic carbocycles. The highest BCUT2D eigenvalue weighted by atomic mass is 35.5. The lowest BCUT2D eigenvalue weighted by Gasteiger charge is -2.17. The number of hydrogen-bond acceptors (Lipinski definition) is 5. The highest BCUT2D eigenvalue weighted by Crippen LogP contribution is 2.26. The monoisotopic (exact) mass is 349 g/mol. The smallest absolute Gasteiger partial charge is 0.274 e. The summed E-state index contributed by atoms with van der Waals surface area (Å²) in [6.07, 6.45) is 3.09. The van der Waals surface area contributed by atoms with Crippen molar-refractivity contribution in [2.24, 2.45) is 0 Å². The Bertz CT molecular complexity index is 816. The molecule has 9 heteroatoms. The summed E-state index contributed by atoms with van der Waals surface area (Å²) in [6.45, 7) is 0.348. The number of halogens is 2. The molecule has 3 rings (SSSR count). The van der Waals surface area contributed by atoms with Crippen LogP contribution in [0.1, 0.15) is 16.9 Å². The summed E-state index contributed by atoms with van der Waals surface area (Å²) < 4.78 is 13.6. The molecule has 1 saturated heterocycles. The molecule has 0 bridgehead atoms. The summed E-state index contributed by atoms with van der Waals surface area (Å²) in [5.74, 6) is -1.55. The van der Waals surface area contributed by atoms with Crippen molar-refractivity contribution in [3.63, 3.8) is 0 Å². The van der Waals surface area contributed by atoms with Crippen LogP contribution in [0, 0.1) is 5.82 Å². The van der Waals surface area contributed by atoms with Crippen LogP contribution in [0.25, 0.3) is 0 Å². The molecule has 2 amide bonds. The van der Waals surface area contributed by atoms with Crippen LogP contribution in [0.4, 0.5) is 15.9 Å². The van der Waals surface area contributed by atoms with Crippen LogP contribution >= 0.6 is 11.6 Å². The van der Waals surface area contributed by atoms with Gasteiger partial charge in [-0.05, 0) is 24.6 Å². The molecule has 2 heterocycles. The Balaban J connectivity index is 1.73. The lowest BCUT2D eigenvalue weighted by Crippen LogP contribution is -2.42. The summed E-state index contributed by atoms with van der Waals surface area (Å²) >= 11 is 5.64. The first-order valence-corrected chi connectivity index (χ1v) is 7.49. The number of rotatable bonds is 3. The number of anilines is 2. The van der Waals surface area contributed by atoms with Gasteiger partial charge >= 0.3 is 0 Å². The molecule has 0 saturated carbocycles. The Hall–Kier alpha value is -2.74. The molecule has 2 aromatic rings. The topological polar surface area (TPSA) is 101 Å². The van der Waals surface area contributed by atoms with Gasteiger partial charge in [0.25, 0.3) is 5.91 Å². The van der Waals surface area contributed by atoms with E-state index in [1.54, 1.807) is 6.07 Å². The molecule has 7 nitrogen and oxygen atoms in total. The van der Waals surface area contributed by atoms with Crippen molar-refractivity contribution in [2.45, 2.75) is 12.5 Å². The van der Waals surface area contributed by atoms with Gasteiger partial charge in [0.1, 0.15) is 11.9 Å². The Kier molecular flexibility index (Phi) is 4.30.